The number of piperazine rings is 1. The van der Waals surface area contributed by atoms with E-state index in [1.54, 1.807) is 11.3 Å². The summed E-state index contributed by atoms with van der Waals surface area (Å²) in [5.41, 5.74) is 3.79. The monoisotopic (exact) mass is 273 g/mol. The first-order valence-corrected chi connectivity index (χ1v) is 7.64. The predicted molar refractivity (Wildman–Crippen MR) is 80.4 cm³/mol. The van der Waals surface area contributed by atoms with Gasteiger partial charge in [-0.2, -0.15) is 0 Å². The molecule has 2 aromatic rings. The minimum absolute atomic E-state index is 1.02. The van der Waals surface area contributed by atoms with E-state index < -0.39 is 0 Å². The topological polar surface area (TPSA) is 28.2 Å². The molecule has 100 valence electrons. The highest BCUT2D eigenvalue weighted by Gasteiger charge is 2.13. The molecule has 4 heteroatoms. The summed E-state index contributed by atoms with van der Waals surface area (Å²) in [6, 6.07) is 8.65. The van der Waals surface area contributed by atoms with Gasteiger partial charge in [0.05, 0.1) is 0 Å². The molecule has 1 saturated heterocycles. The number of nitrogens with one attached hydrogen (secondary N) is 1. The van der Waals surface area contributed by atoms with E-state index >= 15 is 0 Å². The molecule has 2 heterocycles. The van der Waals surface area contributed by atoms with Crippen molar-refractivity contribution in [3.05, 3.63) is 40.9 Å². The Hall–Kier alpha value is -1.23. The molecule has 1 fully saturated rings. The maximum Gasteiger partial charge on any atom is 0.123 e. The van der Waals surface area contributed by atoms with Crippen molar-refractivity contribution in [2.75, 3.05) is 26.2 Å². The Morgan fingerprint density at radius 3 is 2.79 bits per heavy atom. The molecular formula is C15H19N3S. The summed E-state index contributed by atoms with van der Waals surface area (Å²) in [6.07, 6.45) is 0. The van der Waals surface area contributed by atoms with Gasteiger partial charge < -0.3 is 5.32 Å². The molecule has 0 amide bonds. The van der Waals surface area contributed by atoms with Crippen LogP contribution in [-0.2, 0) is 6.54 Å². The van der Waals surface area contributed by atoms with Crippen LogP contribution in [0.25, 0.3) is 10.6 Å². The van der Waals surface area contributed by atoms with Crippen molar-refractivity contribution < 1.29 is 0 Å². The second kappa shape index (κ2) is 5.82. The summed E-state index contributed by atoms with van der Waals surface area (Å²) >= 11 is 1.74. The van der Waals surface area contributed by atoms with Gasteiger partial charge in [-0.05, 0) is 12.5 Å². The Bertz CT molecular complexity index is 544. The highest BCUT2D eigenvalue weighted by Crippen LogP contribution is 2.27. The molecule has 0 aliphatic carbocycles. The second-order valence-electron chi connectivity index (χ2n) is 4.98. The second-order valence-corrected chi connectivity index (χ2v) is 5.84. The van der Waals surface area contributed by atoms with Crippen LogP contribution >= 0.6 is 11.3 Å². The number of benzene rings is 1. The minimum atomic E-state index is 1.02. The molecule has 1 aliphatic heterocycles. The Morgan fingerprint density at radius 1 is 1.26 bits per heavy atom. The maximum atomic E-state index is 4.62. The lowest BCUT2D eigenvalue weighted by Gasteiger charge is -2.27. The highest BCUT2D eigenvalue weighted by molar-refractivity contribution is 7.13. The number of nitrogens with zero attached hydrogens (tertiary/aromatic N) is 2. The summed E-state index contributed by atoms with van der Waals surface area (Å²) in [5.74, 6) is 0. The van der Waals surface area contributed by atoms with Crippen LogP contribution in [0.2, 0.25) is 0 Å². The molecule has 0 bridgehead atoms. The third-order valence-corrected chi connectivity index (χ3v) is 4.46. The molecule has 1 aromatic heterocycles. The molecule has 0 atom stereocenters. The van der Waals surface area contributed by atoms with Crippen LogP contribution in [0, 0.1) is 6.92 Å². The lowest BCUT2D eigenvalue weighted by atomic mass is 10.1. The highest BCUT2D eigenvalue weighted by atomic mass is 32.1. The average molecular weight is 273 g/mol. The van der Waals surface area contributed by atoms with E-state index in [9.17, 15) is 0 Å². The van der Waals surface area contributed by atoms with Gasteiger partial charge in [0.2, 0.25) is 0 Å². The zero-order valence-electron chi connectivity index (χ0n) is 11.2. The van der Waals surface area contributed by atoms with Crippen LogP contribution < -0.4 is 5.32 Å². The van der Waals surface area contributed by atoms with E-state index in [0.717, 1.165) is 43.4 Å². The van der Waals surface area contributed by atoms with Crippen molar-refractivity contribution in [2.45, 2.75) is 13.5 Å². The molecule has 1 aliphatic rings. The number of rotatable bonds is 3. The van der Waals surface area contributed by atoms with Crippen LogP contribution in [0.1, 0.15) is 11.3 Å². The number of thiazole rings is 1. The predicted octanol–water partition coefficient (Wildman–Crippen LogP) is 2.52. The molecule has 1 N–H and O–H groups in total. The van der Waals surface area contributed by atoms with Gasteiger partial charge in [-0.25, -0.2) is 4.98 Å². The third kappa shape index (κ3) is 3.03. The smallest absolute Gasteiger partial charge is 0.123 e. The van der Waals surface area contributed by atoms with E-state index in [1.165, 1.54) is 11.1 Å². The standard InChI is InChI=1S/C15H19N3S/c1-12-11-19-15(17-12)14-5-3-2-4-13(14)10-18-8-6-16-7-9-18/h2-5,11,16H,6-10H2,1H3. The Kier molecular flexibility index (Phi) is 3.92. The van der Waals surface area contributed by atoms with Crippen molar-refractivity contribution in [2.24, 2.45) is 0 Å². The molecule has 19 heavy (non-hydrogen) atoms. The van der Waals surface area contributed by atoms with E-state index in [-0.39, 0.29) is 0 Å². The first-order valence-electron chi connectivity index (χ1n) is 6.76. The van der Waals surface area contributed by atoms with Gasteiger partial charge in [0.1, 0.15) is 5.01 Å². The first kappa shape index (κ1) is 12.8. The van der Waals surface area contributed by atoms with E-state index in [4.69, 9.17) is 0 Å². The van der Waals surface area contributed by atoms with Gasteiger partial charge in [-0.3, -0.25) is 4.90 Å². The van der Waals surface area contributed by atoms with Crippen LogP contribution in [-0.4, -0.2) is 36.1 Å². The zero-order valence-corrected chi connectivity index (χ0v) is 12.0. The quantitative estimate of drug-likeness (QED) is 0.931. The summed E-state index contributed by atoms with van der Waals surface area (Å²) in [5, 5.41) is 6.66. The Balaban J connectivity index is 1.84. The van der Waals surface area contributed by atoms with E-state index in [0.29, 0.717) is 0 Å². The number of hydrogen-bond donors (Lipinski definition) is 1. The molecule has 0 saturated carbocycles. The molecule has 3 rings (SSSR count). The van der Waals surface area contributed by atoms with E-state index in [2.05, 4.69) is 51.8 Å². The Labute approximate surface area is 118 Å². The fourth-order valence-corrected chi connectivity index (χ4v) is 3.31. The summed E-state index contributed by atoms with van der Waals surface area (Å²) < 4.78 is 0. The number of hydrogen-bond acceptors (Lipinski definition) is 4. The van der Waals surface area contributed by atoms with Crippen LogP contribution in [0.4, 0.5) is 0 Å². The fraction of sp³-hybridized carbons (Fsp3) is 0.400. The van der Waals surface area contributed by atoms with Crippen molar-refractivity contribution in [1.82, 2.24) is 15.2 Å². The molecule has 0 spiro atoms. The van der Waals surface area contributed by atoms with Gasteiger partial charge in [0.15, 0.2) is 0 Å². The van der Waals surface area contributed by atoms with Gasteiger partial charge >= 0.3 is 0 Å². The normalized spacial score (nSPS) is 16.7. The van der Waals surface area contributed by atoms with Crippen molar-refractivity contribution >= 4 is 11.3 Å². The number of aryl methyl sites for hydroxylation is 1. The summed E-state index contributed by atoms with van der Waals surface area (Å²) in [4.78, 5) is 7.13. The number of aromatic nitrogens is 1. The molecule has 3 nitrogen and oxygen atoms in total. The largest absolute Gasteiger partial charge is 0.314 e. The van der Waals surface area contributed by atoms with Gasteiger partial charge in [0.25, 0.3) is 0 Å². The van der Waals surface area contributed by atoms with Crippen molar-refractivity contribution in [1.29, 1.82) is 0 Å². The third-order valence-electron chi connectivity index (χ3n) is 3.47. The van der Waals surface area contributed by atoms with E-state index in [1.807, 2.05) is 0 Å². The Morgan fingerprint density at radius 2 is 2.05 bits per heavy atom. The van der Waals surface area contributed by atoms with Crippen molar-refractivity contribution in [3.8, 4) is 10.6 Å². The fourth-order valence-electron chi connectivity index (χ4n) is 2.45. The molecule has 0 radical (unpaired) electrons. The summed E-state index contributed by atoms with van der Waals surface area (Å²) in [6.45, 7) is 7.53. The lowest BCUT2D eigenvalue weighted by molar-refractivity contribution is 0.233. The zero-order chi connectivity index (χ0) is 13.1. The van der Waals surface area contributed by atoms with Crippen LogP contribution in [0.3, 0.4) is 0 Å². The first-order chi connectivity index (χ1) is 9.33. The van der Waals surface area contributed by atoms with Gasteiger partial charge in [-0.1, -0.05) is 24.3 Å². The lowest BCUT2D eigenvalue weighted by Crippen LogP contribution is -2.42. The molecule has 1 aromatic carbocycles. The van der Waals surface area contributed by atoms with Crippen molar-refractivity contribution in [3.63, 3.8) is 0 Å². The maximum absolute atomic E-state index is 4.62. The molecule has 0 unspecified atom stereocenters. The molecular weight excluding hydrogens is 254 g/mol. The van der Waals surface area contributed by atoms with Gasteiger partial charge in [-0.15, -0.1) is 11.3 Å². The van der Waals surface area contributed by atoms with Crippen LogP contribution in [0.5, 0.6) is 0 Å². The van der Waals surface area contributed by atoms with Crippen LogP contribution in [0.15, 0.2) is 29.6 Å². The summed E-state index contributed by atoms with van der Waals surface area (Å²) in [7, 11) is 0. The average Bonchev–Trinajstić information content (AvgIpc) is 2.87. The SMILES string of the molecule is Cc1csc(-c2ccccc2CN2CCNCC2)n1. The minimum Gasteiger partial charge on any atom is -0.314 e. The van der Waals surface area contributed by atoms with Gasteiger partial charge in [0, 0.05) is 49.4 Å².